The summed E-state index contributed by atoms with van der Waals surface area (Å²) in [5.74, 6) is -0.855. The molecule has 0 aliphatic heterocycles. The number of halogens is 2. The molecule has 0 saturated carbocycles. The standard InChI is InChI=1S/C13H16F2N2/c14-9-5-6-12(15)11(7-9)13(8-16)17-10-3-1-2-4-10/h1-2,5-7,10,13,17H,3-4,8,16H2. The number of nitrogens with one attached hydrogen (secondary N) is 1. The molecule has 1 atom stereocenters. The van der Waals surface area contributed by atoms with Crippen LogP contribution in [0.5, 0.6) is 0 Å². The molecule has 0 spiro atoms. The first kappa shape index (κ1) is 12.2. The van der Waals surface area contributed by atoms with Crippen molar-refractivity contribution in [1.82, 2.24) is 5.32 Å². The highest BCUT2D eigenvalue weighted by Gasteiger charge is 2.19. The fraction of sp³-hybridized carbons (Fsp3) is 0.385. The van der Waals surface area contributed by atoms with Crippen LogP contribution in [0.25, 0.3) is 0 Å². The molecule has 0 heterocycles. The lowest BCUT2D eigenvalue weighted by atomic mass is 10.0. The van der Waals surface area contributed by atoms with E-state index >= 15 is 0 Å². The van der Waals surface area contributed by atoms with Gasteiger partial charge in [0.2, 0.25) is 0 Å². The average molecular weight is 238 g/mol. The summed E-state index contributed by atoms with van der Waals surface area (Å²) in [7, 11) is 0. The lowest BCUT2D eigenvalue weighted by molar-refractivity contribution is 0.436. The molecule has 1 aliphatic carbocycles. The Kier molecular flexibility index (Phi) is 3.86. The van der Waals surface area contributed by atoms with E-state index in [0.29, 0.717) is 5.56 Å². The van der Waals surface area contributed by atoms with Crippen LogP contribution in [-0.2, 0) is 0 Å². The zero-order chi connectivity index (χ0) is 12.3. The van der Waals surface area contributed by atoms with E-state index in [1.807, 2.05) is 0 Å². The molecule has 92 valence electrons. The van der Waals surface area contributed by atoms with Gasteiger partial charge in [0.05, 0.1) is 0 Å². The SMILES string of the molecule is NCC(NC1CC=CC1)c1cc(F)ccc1F. The zero-order valence-corrected chi connectivity index (χ0v) is 9.50. The summed E-state index contributed by atoms with van der Waals surface area (Å²) < 4.78 is 26.7. The Morgan fingerprint density at radius 1 is 1.29 bits per heavy atom. The van der Waals surface area contributed by atoms with Gasteiger partial charge in [0.15, 0.2) is 0 Å². The van der Waals surface area contributed by atoms with Crippen molar-refractivity contribution < 1.29 is 8.78 Å². The maximum atomic E-state index is 13.6. The molecule has 1 aliphatic rings. The summed E-state index contributed by atoms with van der Waals surface area (Å²) in [5, 5.41) is 3.26. The highest BCUT2D eigenvalue weighted by Crippen LogP contribution is 2.20. The third-order valence-electron chi connectivity index (χ3n) is 3.01. The fourth-order valence-corrected chi connectivity index (χ4v) is 2.10. The molecule has 1 aromatic rings. The largest absolute Gasteiger partial charge is 0.329 e. The van der Waals surface area contributed by atoms with Gasteiger partial charge < -0.3 is 11.1 Å². The van der Waals surface area contributed by atoms with Gasteiger partial charge in [0.1, 0.15) is 11.6 Å². The Hall–Kier alpha value is -1.26. The van der Waals surface area contributed by atoms with Crippen LogP contribution in [0.4, 0.5) is 8.78 Å². The number of hydrogen-bond donors (Lipinski definition) is 2. The average Bonchev–Trinajstić information content (AvgIpc) is 2.82. The van der Waals surface area contributed by atoms with Crippen molar-refractivity contribution in [3.8, 4) is 0 Å². The molecule has 2 rings (SSSR count). The summed E-state index contributed by atoms with van der Waals surface area (Å²) in [6, 6.07) is 3.40. The fourth-order valence-electron chi connectivity index (χ4n) is 2.10. The van der Waals surface area contributed by atoms with Crippen molar-refractivity contribution in [2.45, 2.75) is 24.9 Å². The second-order valence-electron chi connectivity index (χ2n) is 4.26. The summed E-state index contributed by atoms with van der Waals surface area (Å²) in [5.41, 5.74) is 5.93. The second-order valence-corrected chi connectivity index (χ2v) is 4.26. The van der Waals surface area contributed by atoms with Gasteiger partial charge in [0, 0.05) is 24.2 Å². The van der Waals surface area contributed by atoms with E-state index in [1.165, 1.54) is 6.07 Å². The maximum Gasteiger partial charge on any atom is 0.128 e. The second kappa shape index (κ2) is 5.38. The van der Waals surface area contributed by atoms with Crippen LogP contribution in [0.15, 0.2) is 30.4 Å². The van der Waals surface area contributed by atoms with Gasteiger partial charge in [-0.1, -0.05) is 12.2 Å². The van der Waals surface area contributed by atoms with Gasteiger partial charge in [0.25, 0.3) is 0 Å². The smallest absolute Gasteiger partial charge is 0.128 e. The molecule has 0 fully saturated rings. The molecule has 2 nitrogen and oxygen atoms in total. The molecule has 0 saturated heterocycles. The van der Waals surface area contributed by atoms with Gasteiger partial charge in [-0.3, -0.25) is 0 Å². The van der Waals surface area contributed by atoms with Gasteiger partial charge in [-0.05, 0) is 31.0 Å². The van der Waals surface area contributed by atoms with E-state index in [2.05, 4.69) is 17.5 Å². The zero-order valence-electron chi connectivity index (χ0n) is 9.50. The van der Waals surface area contributed by atoms with Crippen molar-refractivity contribution in [3.05, 3.63) is 47.5 Å². The number of nitrogens with two attached hydrogens (primary N) is 1. The Bertz CT molecular complexity index is 410. The highest BCUT2D eigenvalue weighted by molar-refractivity contribution is 5.23. The molecule has 1 unspecified atom stereocenters. The first-order valence-electron chi connectivity index (χ1n) is 5.76. The molecular weight excluding hydrogens is 222 g/mol. The Morgan fingerprint density at radius 3 is 2.65 bits per heavy atom. The molecule has 17 heavy (non-hydrogen) atoms. The topological polar surface area (TPSA) is 38.0 Å². The highest BCUT2D eigenvalue weighted by atomic mass is 19.1. The first-order chi connectivity index (χ1) is 8.20. The van der Waals surface area contributed by atoms with E-state index < -0.39 is 11.6 Å². The monoisotopic (exact) mass is 238 g/mol. The van der Waals surface area contributed by atoms with Crippen molar-refractivity contribution in [3.63, 3.8) is 0 Å². The molecule has 3 N–H and O–H groups in total. The lowest BCUT2D eigenvalue weighted by Crippen LogP contribution is -2.35. The Morgan fingerprint density at radius 2 is 2.00 bits per heavy atom. The van der Waals surface area contributed by atoms with Crippen LogP contribution in [0.2, 0.25) is 0 Å². The van der Waals surface area contributed by atoms with Gasteiger partial charge in [-0.15, -0.1) is 0 Å². The first-order valence-corrected chi connectivity index (χ1v) is 5.76. The Balaban J connectivity index is 2.13. The molecule has 0 amide bonds. The van der Waals surface area contributed by atoms with E-state index in [1.54, 1.807) is 0 Å². The van der Waals surface area contributed by atoms with Crippen LogP contribution in [0.1, 0.15) is 24.4 Å². The molecule has 0 aromatic heterocycles. The van der Waals surface area contributed by atoms with Crippen molar-refractivity contribution in [1.29, 1.82) is 0 Å². The molecule has 1 aromatic carbocycles. The lowest BCUT2D eigenvalue weighted by Gasteiger charge is -2.22. The summed E-state index contributed by atoms with van der Waals surface area (Å²) >= 11 is 0. The molecule has 0 radical (unpaired) electrons. The van der Waals surface area contributed by atoms with E-state index in [4.69, 9.17) is 5.73 Å². The van der Waals surface area contributed by atoms with Gasteiger partial charge >= 0.3 is 0 Å². The summed E-state index contributed by atoms with van der Waals surface area (Å²) in [4.78, 5) is 0. The minimum absolute atomic E-state index is 0.247. The van der Waals surface area contributed by atoms with Gasteiger partial charge in [-0.2, -0.15) is 0 Å². The minimum atomic E-state index is -0.439. The molecule has 0 bridgehead atoms. The van der Waals surface area contributed by atoms with E-state index in [9.17, 15) is 8.78 Å². The minimum Gasteiger partial charge on any atom is -0.329 e. The predicted octanol–water partition coefficient (Wildman–Crippen LogP) is 2.27. The van der Waals surface area contributed by atoms with Crippen LogP contribution >= 0.6 is 0 Å². The third kappa shape index (κ3) is 2.90. The number of benzene rings is 1. The summed E-state index contributed by atoms with van der Waals surface area (Å²) in [6.45, 7) is 0.247. The van der Waals surface area contributed by atoms with Crippen molar-refractivity contribution >= 4 is 0 Å². The van der Waals surface area contributed by atoms with Crippen LogP contribution in [0.3, 0.4) is 0 Å². The number of hydrogen-bond acceptors (Lipinski definition) is 2. The van der Waals surface area contributed by atoms with Gasteiger partial charge in [-0.25, -0.2) is 8.78 Å². The van der Waals surface area contributed by atoms with E-state index in [0.717, 1.165) is 25.0 Å². The van der Waals surface area contributed by atoms with Crippen LogP contribution in [-0.4, -0.2) is 12.6 Å². The van der Waals surface area contributed by atoms with Crippen molar-refractivity contribution in [2.75, 3.05) is 6.54 Å². The maximum absolute atomic E-state index is 13.6. The number of rotatable bonds is 4. The normalized spacial score (nSPS) is 17.6. The Labute approximate surface area is 99.5 Å². The summed E-state index contributed by atoms with van der Waals surface area (Å²) in [6.07, 6.45) is 5.97. The quantitative estimate of drug-likeness (QED) is 0.790. The molecule has 4 heteroatoms. The predicted molar refractivity (Wildman–Crippen MR) is 63.5 cm³/mol. The van der Waals surface area contributed by atoms with E-state index in [-0.39, 0.29) is 18.6 Å². The molecular formula is C13H16F2N2. The van der Waals surface area contributed by atoms with Crippen LogP contribution < -0.4 is 11.1 Å². The van der Waals surface area contributed by atoms with Crippen LogP contribution in [0, 0.1) is 11.6 Å². The van der Waals surface area contributed by atoms with Crippen molar-refractivity contribution in [2.24, 2.45) is 5.73 Å². The third-order valence-corrected chi connectivity index (χ3v) is 3.01.